The topological polar surface area (TPSA) is 64.1 Å². The lowest BCUT2D eigenvalue weighted by molar-refractivity contribution is 0.0740. The van der Waals surface area contributed by atoms with Crippen LogP contribution in [0.1, 0.15) is 9.67 Å². The van der Waals surface area contributed by atoms with E-state index in [1.54, 1.807) is 18.2 Å². The van der Waals surface area contributed by atoms with Gasteiger partial charge in [-0.1, -0.05) is 18.2 Å². The molecule has 0 saturated carbocycles. The van der Waals surface area contributed by atoms with Crippen LogP contribution >= 0.6 is 11.3 Å². The molecular formula is C19H13N3O2S. The second-order valence-corrected chi connectivity index (χ2v) is 6.20. The third-order valence-corrected chi connectivity index (χ3v) is 4.44. The van der Waals surface area contributed by atoms with Crippen molar-refractivity contribution in [2.24, 2.45) is 0 Å². The highest BCUT2D eigenvalue weighted by Gasteiger charge is 2.09. The molecule has 5 nitrogen and oxygen atoms in total. The summed E-state index contributed by atoms with van der Waals surface area (Å²) in [6, 6.07) is 18.5. The van der Waals surface area contributed by atoms with E-state index in [1.165, 1.54) is 17.7 Å². The molecule has 0 radical (unpaired) electrons. The van der Waals surface area contributed by atoms with Crippen molar-refractivity contribution in [3.8, 4) is 5.75 Å². The van der Waals surface area contributed by atoms with Crippen LogP contribution in [0.4, 0.5) is 11.5 Å². The highest BCUT2D eigenvalue weighted by atomic mass is 32.1. The van der Waals surface area contributed by atoms with Gasteiger partial charge in [-0.3, -0.25) is 0 Å². The molecule has 4 aromatic rings. The van der Waals surface area contributed by atoms with Gasteiger partial charge in [0.15, 0.2) is 0 Å². The fourth-order valence-electron chi connectivity index (χ4n) is 2.40. The highest BCUT2D eigenvalue weighted by molar-refractivity contribution is 7.12. The van der Waals surface area contributed by atoms with E-state index in [0.29, 0.717) is 10.6 Å². The summed E-state index contributed by atoms with van der Waals surface area (Å²) >= 11 is 1.36. The first-order valence-corrected chi connectivity index (χ1v) is 8.50. The molecule has 0 aliphatic carbocycles. The van der Waals surface area contributed by atoms with Crippen LogP contribution in [-0.4, -0.2) is 15.9 Å². The van der Waals surface area contributed by atoms with E-state index in [0.717, 1.165) is 22.4 Å². The summed E-state index contributed by atoms with van der Waals surface area (Å²) in [6.45, 7) is 0. The number of hydrogen-bond acceptors (Lipinski definition) is 6. The van der Waals surface area contributed by atoms with Crippen LogP contribution in [0, 0.1) is 0 Å². The van der Waals surface area contributed by atoms with Crippen LogP contribution in [0.2, 0.25) is 0 Å². The SMILES string of the molecule is O=C(Oc1ccc(Nc2ncnc3ccccc23)cc1)c1cccs1. The molecule has 4 rings (SSSR count). The Labute approximate surface area is 147 Å². The Balaban J connectivity index is 1.51. The summed E-state index contributed by atoms with van der Waals surface area (Å²) in [5.74, 6) is 0.878. The Kier molecular flexibility index (Phi) is 4.10. The van der Waals surface area contributed by atoms with Gasteiger partial charge < -0.3 is 10.1 Å². The number of esters is 1. The van der Waals surface area contributed by atoms with Crippen molar-refractivity contribution in [3.05, 3.63) is 77.2 Å². The van der Waals surface area contributed by atoms with E-state index in [9.17, 15) is 4.79 Å². The number of fused-ring (bicyclic) bond motifs is 1. The summed E-state index contributed by atoms with van der Waals surface area (Å²) < 4.78 is 5.35. The number of ether oxygens (including phenoxy) is 1. The third kappa shape index (κ3) is 3.34. The minimum atomic E-state index is -0.350. The zero-order valence-corrected chi connectivity index (χ0v) is 13.9. The maximum atomic E-state index is 12.0. The number of aromatic nitrogens is 2. The Morgan fingerprint density at radius 1 is 0.960 bits per heavy atom. The molecule has 0 spiro atoms. The van der Waals surface area contributed by atoms with Gasteiger partial charge in [-0.25, -0.2) is 14.8 Å². The number of benzene rings is 2. The normalized spacial score (nSPS) is 10.6. The smallest absolute Gasteiger partial charge is 0.353 e. The summed E-state index contributed by atoms with van der Waals surface area (Å²) in [5.41, 5.74) is 1.72. The first-order chi connectivity index (χ1) is 12.3. The molecule has 0 aliphatic heterocycles. The standard InChI is InChI=1S/C19H13N3O2S/c23-19(17-6-3-11-25-17)24-14-9-7-13(8-10-14)22-18-15-4-1-2-5-16(15)20-12-21-18/h1-12H,(H,20,21,22). The molecule has 0 amide bonds. The van der Waals surface area contributed by atoms with E-state index in [-0.39, 0.29) is 5.97 Å². The summed E-state index contributed by atoms with van der Waals surface area (Å²) in [5, 5.41) is 6.05. The summed E-state index contributed by atoms with van der Waals surface area (Å²) in [4.78, 5) is 21.1. The van der Waals surface area contributed by atoms with Gasteiger partial charge in [-0.05, 0) is 47.8 Å². The molecule has 0 unspecified atom stereocenters. The maximum absolute atomic E-state index is 12.0. The lowest BCUT2D eigenvalue weighted by Crippen LogP contribution is -2.06. The minimum Gasteiger partial charge on any atom is -0.422 e. The van der Waals surface area contributed by atoms with Gasteiger partial charge in [-0.2, -0.15) is 0 Å². The van der Waals surface area contributed by atoms with Crippen molar-refractivity contribution in [2.75, 3.05) is 5.32 Å². The summed E-state index contributed by atoms with van der Waals surface area (Å²) in [6.07, 6.45) is 1.53. The second kappa shape index (κ2) is 6.70. The monoisotopic (exact) mass is 347 g/mol. The first-order valence-electron chi connectivity index (χ1n) is 7.62. The number of nitrogens with zero attached hydrogens (tertiary/aromatic N) is 2. The van der Waals surface area contributed by atoms with Gasteiger partial charge in [0.2, 0.25) is 0 Å². The molecular weight excluding hydrogens is 334 g/mol. The van der Waals surface area contributed by atoms with Crippen molar-refractivity contribution in [2.45, 2.75) is 0 Å². The van der Waals surface area contributed by atoms with E-state index in [1.807, 2.05) is 47.8 Å². The number of carbonyl (C=O) groups excluding carboxylic acids is 1. The molecule has 1 N–H and O–H groups in total. The fraction of sp³-hybridized carbons (Fsp3) is 0. The molecule has 0 aliphatic rings. The van der Waals surface area contributed by atoms with Crippen molar-refractivity contribution in [1.29, 1.82) is 0 Å². The third-order valence-electron chi connectivity index (χ3n) is 3.59. The minimum absolute atomic E-state index is 0.350. The number of carbonyl (C=O) groups is 1. The Hall–Kier alpha value is -3.25. The predicted molar refractivity (Wildman–Crippen MR) is 98.5 cm³/mol. The molecule has 0 bridgehead atoms. The van der Waals surface area contributed by atoms with Crippen LogP contribution in [0.3, 0.4) is 0 Å². The Bertz CT molecular complexity index is 1010. The van der Waals surface area contributed by atoms with Crippen LogP contribution in [0.15, 0.2) is 72.4 Å². The van der Waals surface area contributed by atoms with Gasteiger partial charge in [0.25, 0.3) is 0 Å². The van der Waals surface area contributed by atoms with E-state index < -0.39 is 0 Å². The molecule has 6 heteroatoms. The average molecular weight is 347 g/mol. The molecule has 0 saturated heterocycles. The lowest BCUT2D eigenvalue weighted by Gasteiger charge is -2.09. The van der Waals surface area contributed by atoms with Gasteiger partial charge >= 0.3 is 5.97 Å². The van der Waals surface area contributed by atoms with Crippen LogP contribution in [0.5, 0.6) is 5.75 Å². The van der Waals surface area contributed by atoms with Crippen molar-refractivity contribution in [1.82, 2.24) is 9.97 Å². The molecule has 25 heavy (non-hydrogen) atoms. The second-order valence-electron chi connectivity index (χ2n) is 5.26. The molecule has 0 fully saturated rings. The molecule has 2 aromatic heterocycles. The first kappa shape index (κ1) is 15.3. The zero-order valence-electron chi connectivity index (χ0n) is 13.0. The van der Waals surface area contributed by atoms with Gasteiger partial charge in [0.05, 0.1) is 5.52 Å². The Morgan fingerprint density at radius 2 is 1.80 bits per heavy atom. The van der Waals surface area contributed by atoms with Gasteiger partial charge in [0, 0.05) is 11.1 Å². The van der Waals surface area contributed by atoms with E-state index >= 15 is 0 Å². The molecule has 122 valence electrons. The Morgan fingerprint density at radius 3 is 2.60 bits per heavy atom. The number of anilines is 2. The largest absolute Gasteiger partial charge is 0.422 e. The van der Waals surface area contributed by atoms with E-state index in [4.69, 9.17) is 4.74 Å². The fourth-order valence-corrected chi connectivity index (χ4v) is 3.00. The van der Waals surface area contributed by atoms with Crippen LogP contribution in [-0.2, 0) is 0 Å². The molecule has 2 heterocycles. The summed E-state index contributed by atoms with van der Waals surface area (Å²) in [7, 11) is 0. The average Bonchev–Trinajstić information content (AvgIpc) is 3.19. The van der Waals surface area contributed by atoms with Gasteiger partial charge in [0.1, 0.15) is 22.8 Å². The number of hydrogen-bond donors (Lipinski definition) is 1. The lowest BCUT2D eigenvalue weighted by atomic mass is 10.2. The molecule has 2 aromatic carbocycles. The zero-order chi connectivity index (χ0) is 17.1. The van der Waals surface area contributed by atoms with Crippen LogP contribution < -0.4 is 10.1 Å². The van der Waals surface area contributed by atoms with Crippen molar-refractivity contribution >= 4 is 39.7 Å². The van der Waals surface area contributed by atoms with Crippen molar-refractivity contribution < 1.29 is 9.53 Å². The quantitative estimate of drug-likeness (QED) is 0.430. The molecule has 0 atom stereocenters. The van der Waals surface area contributed by atoms with Crippen LogP contribution in [0.25, 0.3) is 10.9 Å². The van der Waals surface area contributed by atoms with E-state index in [2.05, 4.69) is 15.3 Å². The number of nitrogens with one attached hydrogen (secondary N) is 1. The number of para-hydroxylation sites is 1. The number of thiophene rings is 1. The highest BCUT2D eigenvalue weighted by Crippen LogP contribution is 2.24. The number of rotatable bonds is 4. The maximum Gasteiger partial charge on any atom is 0.353 e. The predicted octanol–water partition coefficient (Wildman–Crippen LogP) is 4.65. The van der Waals surface area contributed by atoms with Crippen molar-refractivity contribution in [3.63, 3.8) is 0 Å². The van der Waals surface area contributed by atoms with Gasteiger partial charge in [-0.15, -0.1) is 11.3 Å².